The molecule has 1 unspecified atom stereocenters. The molecule has 0 radical (unpaired) electrons. The van der Waals surface area contributed by atoms with E-state index in [1.54, 1.807) is 0 Å². The summed E-state index contributed by atoms with van der Waals surface area (Å²) in [5, 5.41) is 0. The molecule has 1 saturated heterocycles. The predicted octanol–water partition coefficient (Wildman–Crippen LogP) is 4.46. The Bertz CT molecular complexity index is 1230. The molecule has 0 saturated carbocycles. The van der Waals surface area contributed by atoms with E-state index in [-0.39, 0.29) is 30.7 Å². The molecule has 3 aromatic rings. The van der Waals surface area contributed by atoms with Crippen LogP contribution in [0.5, 0.6) is 11.5 Å². The van der Waals surface area contributed by atoms with E-state index in [0.717, 1.165) is 47.5 Å². The van der Waals surface area contributed by atoms with Crippen molar-refractivity contribution in [3.05, 3.63) is 95.1 Å². The van der Waals surface area contributed by atoms with E-state index < -0.39 is 0 Å². The highest BCUT2D eigenvalue weighted by Crippen LogP contribution is 2.41. The maximum atomic E-state index is 13.8. The Morgan fingerprint density at radius 3 is 2.41 bits per heavy atom. The molecule has 3 aliphatic heterocycles. The van der Waals surface area contributed by atoms with Crippen molar-refractivity contribution in [1.82, 2.24) is 9.80 Å². The molecule has 1 atom stereocenters. The van der Waals surface area contributed by atoms with Gasteiger partial charge in [0.05, 0.1) is 6.04 Å². The number of ether oxygens (including phenoxy) is 2. The van der Waals surface area contributed by atoms with Gasteiger partial charge >= 0.3 is 0 Å². The average molecular weight is 455 g/mol. The van der Waals surface area contributed by atoms with Crippen molar-refractivity contribution in [2.45, 2.75) is 31.3 Å². The summed E-state index contributed by atoms with van der Waals surface area (Å²) in [6.07, 6.45) is 2.27. The molecule has 0 N–H and O–H groups in total. The first-order valence-electron chi connectivity index (χ1n) is 11.8. The molecule has 1 fully saturated rings. The van der Waals surface area contributed by atoms with Gasteiger partial charge in [-0.25, -0.2) is 0 Å². The zero-order valence-corrected chi connectivity index (χ0v) is 18.9. The van der Waals surface area contributed by atoms with Crippen LogP contribution in [0.25, 0.3) is 0 Å². The maximum absolute atomic E-state index is 13.8. The van der Waals surface area contributed by atoms with Gasteiger partial charge in [0.15, 0.2) is 11.5 Å². The Morgan fingerprint density at radius 2 is 1.59 bits per heavy atom. The number of hydrogen-bond donors (Lipinski definition) is 0. The molecule has 34 heavy (non-hydrogen) atoms. The minimum Gasteiger partial charge on any atom is -0.454 e. The van der Waals surface area contributed by atoms with E-state index in [1.807, 2.05) is 77.7 Å². The highest BCUT2D eigenvalue weighted by atomic mass is 16.7. The van der Waals surface area contributed by atoms with Gasteiger partial charge < -0.3 is 19.3 Å². The summed E-state index contributed by atoms with van der Waals surface area (Å²) in [7, 11) is 0. The lowest BCUT2D eigenvalue weighted by Gasteiger charge is -2.45. The first-order chi connectivity index (χ1) is 16.7. The summed E-state index contributed by atoms with van der Waals surface area (Å²) < 4.78 is 11.1. The minimum absolute atomic E-state index is 0.0571. The maximum Gasteiger partial charge on any atom is 0.254 e. The standard InChI is InChI=1S/C28H26N2O4/c31-27(19-6-2-1-3-7-19)29-14-12-22(13-15-29)30-24(16-20-8-4-5-9-23(20)28(30)32)21-10-11-25-26(17-21)34-18-33-25/h1-11,17,22,24H,12-16,18H2. The third-order valence-electron chi connectivity index (χ3n) is 7.18. The fraction of sp³-hybridized carbons (Fsp3) is 0.286. The molecule has 0 aliphatic carbocycles. The van der Waals surface area contributed by atoms with Gasteiger partial charge in [0.2, 0.25) is 6.79 Å². The lowest BCUT2D eigenvalue weighted by molar-refractivity contribution is 0.0379. The molecule has 0 aromatic heterocycles. The largest absolute Gasteiger partial charge is 0.454 e. The van der Waals surface area contributed by atoms with Crippen LogP contribution >= 0.6 is 0 Å². The molecule has 3 aromatic carbocycles. The highest BCUT2D eigenvalue weighted by molar-refractivity contribution is 5.97. The van der Waals surface area contributed by atoms with Gasteiger partial charge in [0, 0.05) is 30.3 Å². The zero-order chi connectivity index (χ0) is 23.1. The Morgan fingerprint density at radius 1 is 0.853 bits per heavy atom. The summed E-state index contributed by atoms with van der Waals surface area (Å²) in [5.74, 6) is 1.59. The summed E-state index contributed by atoms with van der Waals surface area (Å²) in [5.41, 5.74) is 3.61. The number of fused-ring (bicyclic) bond motifs is 2. The molecular formula is C28H26N2O4. The van der Waals surface area contributed by atoms with Crippen LogP contribution in [0.3, 0.4) is 0 Å². The van der Waals surface area contributed by atoms with Crippen molar-refractivity contribution in [3.63, 3.8) is 0 Å². The average Bonchev–Trinajstić information content (AvgIpc) is 3.37. The fourth-order valence-corrected chi connectivity index (χ4v) is 5.42. The summed E-state index contributed by atoms with van der Waals surface area (Å²) in [6, 6.07) is 23.3. The third kappa shape index (κ3) is 3.59. The van der Waals surface area contributed by atoms with Crippen molar-refractivity contribution in [2.24, 2.45) is 0 Å². The van der Waals surface area contributed by atoms with Crippen LogP contribution in [0, 0.1) is 0 Å². The Labute approximate surface area is 198 Å². The lowest BCUT2D eigenvalue weighted by Crippen LogP contribution is -2.52. The smallest absolute Gasteiger partial charge is 0.254 e. The monoisotopic (exact) mass is 454 g/mol. The number of nitrogens with zero attached hydrogens (tertiary/aromatic N) is 2. The van der Waals surface area contributed by atoms with Crippen molar-refractivity contribution >= 4 is 11.8 Å². The fourth-order valence-electron chi connectivity index (χ4n) is 5.42. The van der Waals surface area contributed by atoms with Crippen molar-refractivity contribution < 1.29 is 19.1 Å². The van der Waals surface area contributed by atoms with Gasteiger partial charge in [0.1, 0.15) is 0 Å². The predicted molar refractivity (Wildman–Crippen MR) is 127 cm³/mol. The van der Waals surface area contributed by atoms with Gasteiger partial charge in [-0.1, -0.05) is 42.5 Å². The molecule has 2 amide bonds. The van der Waals surface area contributed by atoms with Crippen LogP contribution in [0.1, 0.15) is 50.7 Å². The highest BCUT2D eigenvalue weighted by Gasteiger charge is 2.39. The zero-order valence-electron chi connectivity index (χ0n) is 18.9. The molecule has 0 spiro atoms. The van der Waals surface area contributed by atoms with Crippen LogP contribution in [0.15, 0.2) is 72.8 Å². The molecule has 6 heteroatoms. The summed E-state index contributed by atoms with van der Waals surface area (Å²) in [4.78, 5) is 30.7. The molecular weight excluding hydrogens is 428 g/mol. The second kappa shape index (κ2) is 8.52. The Balaban J connectivity index is 1.28. The second-order valence-electron chi connectivity index (χ2n) is 9.09. The molecule has 0 bridgehead atoms. The number of carbonyl (C=O) groups excluding carboxylic acids is 2. The van der Waals surface area contributed by atoms with E-state index in [4.69, 9.17) is 9.47 Å². The van der Waals surface area contributed by atoms with Crippen molar-refractivity contribution in [2.75, 3.05) is 19.9 Å². The molecule has 3 heterocycles. The van der Waals surface area contributed by atoms with Crippen molar-refractivity contribution in [1.29, 1.82) is 0 Å². The summed E-state index contributed by atoms with van der Waals surface area (Å²) in [6.45, 7) is 1.50. The van der Waals surface area contributed by atoms with Gasteiger partial charge in [-0.2, -0.15) is 0 Å². The number of carbonyl (C=O) groups is 2. The van der Waals surface area contributed by atoms with Crippen LogP contribution in [0.4, 0.5) is 0 Å². The number of rotatable bonds is 3. The second-order valence-corrected chi connectivity index (χ2v) is 9.09. The number of piperidine rings is 1. The van der Waals surface area contributed by atoms with Gasteiger partial charge in [-0.05, 0) is 60.7 Å². The van der Waals surface area contributed by atoms with Gasteiger partial charge in [0.25, 0.3) is 11.8 Å². The van der Waals surface area contributed by atoms with Gasteiger partial charge in [-0.15, -0.1) is 0 Å². The SMILES string of the molecule is O=C(c1ccccc1)N1CCC(N2C(=O)c3ccccc3CC2c2ccc3c(c2)OCO3)CC1. The molecule has 6 rings (SSSR count). The van der Waals surface area contributed by atoms with E-state index >= 15 is 0 Å². The normalized spacial score (nSPS) is 19.8. The van der Waals surface area contributed by atoms with E-state index in [1.165, 1.54) is 0 Å². The van der Waals surface area contributed by atoms with Crippen LogP contribution in [-0.4, -0.2) is 47.5 Å². The lowest BCUT2D eigenvalue weighted by atomic mass is 9.86. The Hall–Kier alpha value is -3.80. The van der Waals surface area contributed by atoms with Crippen LogP contribution < -0.4 is 9.47 Å². The minimum atomic E-state index is -0.0849. The number of hydrogen-bond acceptors (Lipinski definition) is 4. The number of benzene rings is 3. The molecule has 172 valence electrons. The number of amides is 2. The first kappa shape index (κ1) is 20.8. The van der Waals surface area contributed by atoms with Crippen LogP contribution in [0.2, 0.25) is 0 Å². The quantitative estimate of drug-likeness (QED) is 0.586. The molecule has 3 aliphatic rings. The van der Waals surface area contributed by atoms with E-state index in [0.29, 0.717) is 18.7 Å². The topological polar surface area (TPSA) is 59.1 Å². The number of likely N-dealkylation sites (tertiary alicyclic amines) is 1. The van der Waals surface area contributed by atoms with E-state index in [2.05, 4.69) is 4.90 Å². The first-order valence-corrected chi connectivity index (χ1v) is 11.8. The van der Waals surface area contributed by atoms with Crippen molar-refractivity contribution in [3.8, 4) is 11.5 Å². The van der Waals surface area contributed by atoms with Gasteiger partial charge in [-0.3, -0.25) is 9.59 Å². The Kier molecular flexibility index (Phi) is 5.21. The summed E-state index contributed by atoms with van der Waals surface area (Å²) >= 11 is 0. The van der Waals surface area contributed by atoms with E-state index in [9.17, 15) is 9.59 Å². The van der Waals surface area contributed by atoms with Crippen LogP contribution in [-0.2, 0) is 6.42 Å². The molecule has 6 nitrogen and oxygen atoms in total. The third-order valence-corrected chi connectivity index (χ3v) is 7.18.